The molecule has 0 saturated heterocycles. The zero-order valence-electron chi connectivity index (χ0n) is 4.92. The van der Waals surface area contributed by atoms with Crippen molar-refractivity contribution in [3.05, 3.63) is 12.7 Å². The summed E-state index contributed by atoms with van der Waals surface area (Å²) in [4.78, 5) is 4.01. The molecule has 0 bridgehead atoms. The molecule has 1 aliphatic rings. The van der Waals surface area contributed by atoms with Gasteiger partial charge in [-0.05, 0) is 13.0 Å². The van der Waals surface area contributed by atoms with Crippen molar-refractivity contribution in [3.8, 4) is 0 Å². The molecule has 44 valence electrons. The van der Waals surface area contributed by atoms with Crippen LogP contribution in [0.5, 0.6) is 0 Å². The van der Waals surface area contributed by atoms with E-state index in [2.05, 4.69) is 11.6 Å². The van der Waals surface area contributed by atoms with Crippen LogP contribution in [-0.2, 0) is 4.74 Å². The van der Waals surface area contributed by atoms with E-state index in [4.69, 9.17) is 4.74 Å². The summed E-state index contributed by atoms with van der Waals surface area (Å²) in [7, 11) is 0. The summed E-state index contributed by atoms with van der Waals surface area (Å²) in [5, 5.41) is 0. The SMILES string of the molecule is C=CC1=NCC(C)O1. The van der Waals surface area contributed by atoms with Crippen LogP contribution in [0.3, 0.4) is 0 Å². The summed E-state index contributed by atoms with van der Waals surface area (Å²) in [6.45, 7) is 6.29. The normalized spacial score (nSPS) is 26.6. The topological polar surface area (TPSA) is 21.6 Å². The Morgan fingerprint density at radius 3 is 3.00 bits per heavy atom. The number of rotatable bonds is 1. The highest BCUT2D eigenvalue weighted by atomic mass is 16.5. The van der Waals surface area contributed by atoms with Gasteiger partial charge < -0.3 is 4.74 Å². The van der Waals surface area contributed by atoms with Gasteiger partial charge in [0.2, 0.25) is 5.90 Å². The van der Waals surface area contributed by atoms with Gasteiger partial charge in [0.1, 0.15) is 6.10 Å². The quantitative estimate of drug-likeness (QED) is 0.494. The molecule has 1 unspecified atom stereocenters. The van der Waals surface area contributed by atoms with Crippen molar-refractivity contribution in [2.45, 2.75) is 13.0 Å². The van der Waals surface area contributed by atoms with Crippen LogP contribution in [0.4, 0.5) is 0 Å². The van der Waals surface area contributed by atoms with E-state index < -0.39 is 0 Å². The first-order valence-corrected chi connectivity index (χ1v) is 2.66. The number of hydrogen-bond acceptors (Lipinski definition) is 2. The van der Waals surface area contributed by atoms with E-state index in [0.717, 1.165) is 6.54 Å². The number of ether oxygens (including phenoxy) is 1. The molecule has 0 fully saturated rings. The Bertz CT molecular complexity index is 128. The lowest BCUT2D eigenvalue weighted by molar-refractivity contribution is 0.247. The molecule has 1 aliphatic heterocycles. The number of hydrogen-bond donors (Lipinski definition) is 0. The third-order valence-electron chi connectivity index (χ3n) is 1.00. The summed E-state index contributed by atoms with van der Waals surface area (Å²) in [5.74, 6) is 0.678. The third kappa shape index (κ3) is 0.886. The Morgan fingerprint density at radius 1 is 2.00 bits per heavy atom. The van der Waals surface area contributed by atoms with Gasteiger partial charge in [0, 0.05) is 0 Å². The van der Waals surface area contributed by atoms with Gasteiger partial charge in [0.05, 0.1) is 6.54 Å². The van der Waals surface area contributed by atoms with E-state index in [1.165, 1.54) is 0 Å². The second-order valence-electron chi connectivity index (χ2n) is 1.81. The van der Waals surface area contributed by atoms with Gasteiger partial charge in [0.15, 0.2) is 0 Å². The largest absolute Gasteiger partial charge is 0.473 e. The summed E-state index contributed by atoms with van der Waals surface area (Å²) in [6.07, 6.45) is 1.88. The van der Waals surface area contributed by atoms with Crippen LogP contribution in [0.2, 0.25) is 0 Å². The van der Waals surface area contributed by atoms with E-state index >= 15 is 0 Å². The molecule has 0 amide bonds. The Morgan fingerprint density at radius 2 is 2.75 bits per heavy atom. The number of aliphatic imine (C=N–C) groups is 1. The maximum Gasteiger partial charge on any atom is 0.208 e. The fraction of sp³-hybridized carbons (Fsp3) is 0.500. The van der Waals surface area contributed by atoms with E-state index in [-0.39, 0.29) is 6.10 Å². The maximum atomic E-state index is 5.14. The van der Waals surface area contributed by atoms with Crippen molar-refractivity contribution < 1.29 is 4.74 Å². The lowest BCUT2D eigenvalue weighted by Gasteiger charge is -1.99. The number of nitrogens with zero attached hydrogens (tertiary/aromatic N) is 1. The van der Waals surface area contributed by atoms with Crippen LogP contribution in [0, 0.1) is 0 Å². The molecule has 8 heavy (non-hydrogen) atoms. The molecule has 0 aromatic rings. The Labute approximate surface area is 48.9 Å². The van der Waals surface area contributed by atoms with Crippen molar-refractivity contribution in [1.29, 1.82) is 0 Å². The molecule has 1 heterocycles. The zero-order valence-corrected chi connectivity index (χ0v) is 4.92. The van der Waals surface area contributed by atoms with Gasteiger partial charge in [-0.3, -0.25) is 0 Å². The first-order chi connectivity index (χ1) is 3.83. The van der Waals surface area contributed by atoms with Gasteiger partial charge in [-0.25, -0.2) is 4.99 Å². The zero-order chi connectivity index (χ0) is 5.98. The molecular weight excluding hydrogens is 102 g/mol. The predicted octanol–water partition coefficient (Wildman–Crippen LogP) is 0.990. The van der Waals surface area contributed by atoms with Gasteiger partial charge in [-0.1, -0.05) is 6.58 Å². The minimum Gasteiger partial charge on any atom is -0.473 e. The van der Waals surface area contributed by atoms with Crippen molar-refractivity contribution in [1.82, 2.24) is 0 Å². The van der Waals surface area contributed by atoms with Gasteiger partial charge in [-0.15, -0.1) is 0 Å². The van der Waals surface area contributed by atoms with Crippen LogP contribution >= 0.6 is 0 Å². The van der Waals surface area contributed by atoms with E-state index in [1.54, 1.807) is 6.08 Å². The molecule has 0 saturated carbocycles. The van der Waals surface area contributed by atoms with Gasteiger partial charge in [-0.2, -0.15) is 0 Å². The Kier molecular flexibility index (Phi) is 1.33. The van der Waals surface area contributed by atoms with E-state index in [0.29, 0.717) is 5.90 Å². The van der Waals surface area contributed by atoms with Crippen molar-refractivity contribution >= 4 is 5.90 Å². The fourth-order valence-corrected chi connectivity index (χ4v) is 0.612. The molecule has 0 aromatic carbocycles. The van der Waals surface area contributed by atoms with Crippen molar-refractivity contribution in [2.24, 2.45) is 4.99 Å². The highest BCUT2D eigenvalue weighted by molar-refractivity contribution is 5.88. The van der Waals surface area contributed by atoms with Crippen molar-refractivity contribution in [3.63, 3.8) is 0 Å². The summed E-state index contributed by atoms with van der Waals surface area (Å²) < 4.78 is 5.14. The molecule has 1 rings (SSSR count). The lowest BCUT2D eigenvalue weighted by atomic mass is 10.4. The van der Waals surface area contributed by atoms with Crippen LogP contribution in [-0.4, -0.2) is 18.5 Å². The predicted molar refractivity (Wildman–Crippen MR) is 33.0 cm³/mol. The van der Waals surface area contributed by atoms with Crippen LogP contribution in [0.25, 0.3) is 0 Å². The van der Waals surface area contributed by atoms with Crippen molar-refractivity contribution in [2.75, 3.05) is 6.54 Å². The molecule has 0 radical (unpaired) electrons. The van der Waals surface area contributed by atoms with Gasteiger partial charge in [0.25, 0.3) is 0 Å². The average molecular weight is 111 g/mol. The van der Waals surface area contributed by atoms with Crippen LogP contribution < -0.4 is 0 Å². The molecule has 0 aliphatic carbocycles. The Hall–Kier alpha value is -0.790. The van der Waals surface area contributed by atoms with Crippen LogP contribution in [0.15, 0.2) is 17.6 Å². The Balaban J connectivity index is 2.49. The van der Waals surface area contributed by atoms with Crippen LogP contribution in [0.1, 0.15) is 6.92 Å². The molecule has 0 N–H and O–H groups in total. The molecular formula is C6H9NO. The summed E-state index contributed by atoms with van der Waals surface area (Å²) in [5.41, 5.74) is 0. The molecule has 0 spiro atoms. The maximum absolute atomic E-state index is 5.14. The van der Waals surface area contributed by atoms with Gasteiger partial charge >= 0.3 is 0 Å². The smallest absolute Gasteiger partial charge is 0.208 e. The highest BCUT2D eigenvalue weighted by Gasteiger charge is 2.10. The minimum absolute atomic E-state index is 0.253. The first-order valence-electron chi connectivity index (χ1n) is 2.66. The molecule has 2 heteroatoms. The summed E-state index contributed by atoms with van der Waals surface area (Å²) >= 11 is 0. The highest BCUT2D eigenvalue weighted by Crippen LogP contribution is 2.02. The van der Waals surface area contributed by atoms with E-state index in [9.17, 15) is 0 Å². The fourth-order valence-electron chi connectivity index (χ4n) is 0.612. The molecule has 0 aromatic heterocycles. The standard InChI is InChI=1S/C6H9NO/c1-3-6-7-4-5(2)8-6/h3,5H,1,4H2,2H3. The summed E-state index contributed by atoms with van der Waals surface area (Å²) in [6, 6.07) is 0. The second-order valence-corrected chi connectivity index (χ2v) is 1.81. The molecule has 1 atom stereocenters. The first kappa shape index (κ1) is 5.35. The monoisotopic (exact) mass is 111 g/mol. The lowest BCUT2D eigenvalue weighted by Crippen LogP contribution is -2.05. The molecule has 2 nitrogen and oxygen atoms in total. The minimum atomic E-state index is 0.253. The van der Waals surface area contributed by atoms with E-state index in [1.807, 2.05) is 6.92 Å². The average Bonchev–Trinajstić information content (AvgIpc) is 2.14. The second kappa shape index (κ2) is 1.99. The third-order valence-corrected chi connectivity index (χ3v) is 1.00.